The van der Waals surface area contributed by atoms with Gasteiger partial charge in [-0.25, -0.2) is 0 Å². The average Bonchev–Trinajstić information content (AvgIpc) is 2.59. The number of nitrogens with one attached hydrogen (secondary N) is 1. The van der Waals surface area contributed by atoms with Crippen molar-refractivity contribution in [2.45, 2.75) is 26.3 Å². The molecule has 3 amide bonds. The van der Waals surface area contributed by atoms with Crippen LogP contribution in [0.1, 0.15) is 25.3 Å². The summed E-state index contributed by atoms with van der Waals surface area (Å²) < 4.78 is 0. The molecule has 1 N–H and O–H groups in total. The van der Waals surface area contributed by atoms with Gasteiger partial charge in [-0.3, -0.25) is 14.4 Å². The van der Waals surface area contributed by atoms with Gasteiger partial charge in [-0.05, 0) is 18.4 Å². The summed E-state index contributed by atoms with van der Waals surface area (Å²) in [4.78, 5) is 39.5. The summed E-state index contributed by atoms with van der Waals surface area (Å²) in [6, 6.07) is 9.85. The minimum Gasteiger partial charge on any atom is -0.352 e. The summed E-state index contributed by atoms with van der Waals surface area (Å²) in [5, 5.41) is 2.99. The molecule has 25 heavy (non-hydrogen) atoms. The van der Waals surface area contributed by atoms with Gasteiger partial charge in [0.25, 0.3) is 0 Å². The average molecular weight is 343 g/mol. The zero-order valence-electron chi connectivity index (χ0n) is 14.6. The molecule has 0 unspecified atom stereocenters. The molecular formula is C19H25N3O3. The molecule has 2 aliphatic rings. The Labute approximate surface area is 148 Å². The number of benzene rings is 1. The molecule has 1 aromatic rings. The van der Waals surface area contributed by atoms with Crippen LogP contribution in [0.3, 0.4) is 0 Å². The fraction of sp³-hybridized carbons (Fsp3) is 0.526. The monoisotopic (exact) mass is 343 g/mol. The van der Waals surface area contributed by atoms with E-state index in [0.717, 1.165) is 5.56 Å². The first-order valence-electron chi connectivity index (χ1n) is 8.90. The lowest BCUT2D eigenvalue weighted by atomic mass is 9.92. The Morgan fingerprint density at radius 1 is 1.00 bits per heavy atom. The standard InChI is InChI=1S/C19H25N3O3/c1-14(23)22-12-17(13-22)19(25)21-9-7-16(8-10-21)18(24)20-11-15-5-3-2-4-6-15/h2-6,16-17H,7-13H2,1H3,(H,20,24). The second-order valence-electron chi connectivity index (χ2n) is 6.92. The van der Waals surface area contributed by atoms with Gasteiger partial charge in [0.15, 0.2) is 0 Å². The van der Waals surface area contributed by atoms with E-state index in [1.807, 2.05) is 35.2 Å². The summed E-state index contributed by atoms with van der Waals surface area (Å²) in [5.41, 5.74) is 1.09. The Hall–Kier alpha value is -2.37. The van der Waals surface area contributed by atoms with Gasteiger partial charge in [-0.15, -0.1) is 0 Å². The minimum atomic E-state index is -0.0626. The molecule has 0 radical (unpaired) electrons. The van der Waals surface area contributed by atoms with Crippen molar-refractivity contribution in [3.8, 4) is 0 Å². The van der Waals surface area contributed by atoms with E-state index in [9.17, 15) is 14.4 Å². The molecule has 0 saturated carbocycles. The first-order valence-corrected chi connectivity index (χ1v) is 8.90. The lowest BCUT2D eigenvalue weighted by Crippen LogP contribution is -2.57. The van der Waals surface area contributed by atoms with Gasteiger partial charge in [0.05, 0.1) is 5.92 Å². The van der Waals surface area contributed by atoms with Crippen molar-refractivity contribution in [1.29, 1.82) is 0 Å². The van der Waals surface area contributed by atoms with Crippen LogP contribution in [-0.4, -0.2) is 53.7 Å². The molecule has 0 atom stereocenters. The zero-order valence-corrected chi connectivity index (χ0v) is 14.6. The number of carbonyl (C=O) groups is 3. The molecule has 0 aromatic heterocycles. The molecule has 2 fully saturated rings. The molecule has 0 spiro atoms. The van der Waals surface area contributed by atoms with Crippen molar-refractivity contribution in [3.05, 3.63) is 35.9 Å². The third kappa shape index (κ3) is 4.18. The van der Waals surface area contributed by atoms with Crippen molar-refractivity contribution >= 4 is 17.7 Å². The molecule has 6 nitrogen and oxygen atoms in total. The van der Waals surface area contributed by atoms with Crippen LogP contribution >= 0.6 is 0 Å². The highest BCUT2D eigenvalue weighted by atomic mass is 16.2. The van der Waals surface area contributed by atoms with E-state index in [-0.39, 0.29) is 29.6 Å². The third-order valence-corrected chi connectivity index (χ3v) is 5.16. The molecule has 6 heteroatoms. The summed E-state index contributed by atoms with van der Waals surface area (Å²) in [6.45, 7) is 4.39. The molecule has 3 rings (SSSR count). The molecule has 2 heterocycles. The predicted molar refractivity (Wildman–Crippen MR) is 93.3 cm³/mol. The highest BCUT2D eigenvalue weighted by Gasteiger charge is 2.38. The number of carbonyl (C=O) groups excluding carboxylic acids is 3. The van der Waals surface area contributed by atoms with Crippen molar-refractivity contribution in [2.75, 3.05) is 26.2 Å². The van der Waals surface area contributed by atoms with Crippen molar-refractivity contribution in [2.24, 2.45) is 11.8 Å². The van der Waals surface area contributed by atoms with E-state index in [1.165, 1.54) is 6.92 Å². The van der Waals surface area contributed by atoms with E-state index in [4.69, 9.17) is 0 Å². The number of hydrogen-bond donors (Lipinski definition) is 1. The van der Waals surface area contributed by atoms with E-state index in [1.54, 1.807) is 4.90 Å². The second-order valence-corrected chi connectivity index (χ2v) is 6.92. The Morgan fingerprint density at radius 2 is 1.64 bits per heavy atom. The fourth-order valence-electron chi connectivity index (χ4n) is 3.44. The van der Waals surface area contributed by atoms with Gasteiger partial charge < -0.3 is 15.1 Å². The van der Waals surface area contributed by atoms with Crippen LogP contribution in [-0.2, 0) is 20.9 Å². The molecular weight excluding hydrogens is 318 g/mol. The van der Waals surface area contributed by atoms with E-state index in [0.29, 0.717) is 45.6 Å². The molecule has 0 bridgehead atoms. The van der Waals surface area contributed by atoms with E-state index >= 15 is 0 Å². The summed E-state index contributed by atoms with van der Waals surface area (Å²) >= 11 is 0. The fourth-order valence-corrected chi connectivity index (χ4v) is 3.44. The predicted octanol–water partition coefficient (Wildman–Crippen LogP) is 1.02. The third-order valence-electron chi connectivity index (χ3n) is 5.16. The number of piperidine rings is 1. The topological polar surface area (TPSA) is 69.7 Å². The maximum atomic E-state index is 12.4. The quantitative estimate of drug-likeness (QED) is 0.887. The highest BCUT2D eigenvalue weighted by molar-refractivity contribution is 5.84. The Morgan fingerprint density at radius 3 is 2.24 bits per heavy atom. The van der Waals surface area contributed by atoms with Crippen molar-refractivity contribution in [1.82, 2.24) is 15.1 Å². The smallest absolute Gasteiger partial charge is 0.229 e. The molecule has 0 aliphatic carbocycles. The van der Waals surface area contributed by atoms with E-state index < -0.39 is 0 Å². The van der Waals surface area contributed by atoms with Gasteiger partial charge >= 0.3 is 0 Å². The second kappa shape index (κ2) is 7.68. The number of rotatable bonds is 4. The number of nitrogens with zero attached hydrogens (tertiary/aromatic N) is 2. The normalized spacial score (nSPS) is 18.6. The van der Waals surface area contributed by atoms with Gasteiger partial charge in [0, 0.05) is 45.6 Å². The SMILES string of the molecule is CC(=O)N1CC(C(=O)N2CCC(C(=O)NCc3ccccc3)CC2)C1. The van der Waals surface area contributed by atoms with Crippen LogP contribution < -0.4 is 5.32 Å². The first kappa shape index (κ1) is 17.5. The summed E-state index contributed by atoms with van der Waals surface area (Å²) in [5.74, 6) is 0.135. The largest absolute Gasteiger partial charge is 0.352 e. The number of hydrogen-bond acceptors (Lipinski definition) is 3. The van der Waals surface area contributed by atoms with Crippen LogP contribution in [0.15, 0.2) is 30.3 Å². The van der Waals surface area contributed by atoms with E-state index in [2.05, 4.69) is 5.32 Å². The van der Waals surface area contributed by atoms with Crippen LogP contribution in [0, 0.1) is 11.8 Å². The molecule has 134 valence electrons. The maximum absolute atomic E-state index is 12.4. The Kier molecular flexibility index (Phi) is 5.36. The minimum absolute atomic E-state index is 0.0251. The summed E-state index contributed by atoms with van der Waals surface area (Å²) in [7, 11) is 0. The number of likely N-dealkylation sites (tertiary alicyclic amines) is 2. The molecule has 1 aromatic carbocycles. The summed E-state index contributed by atoms with van der Waals surface area (Å²) in [6.07, 6.45) is 1.41. The highest BCUT2D eigenvalue weighted by Crippen LogP contribution is 2.23. The van der Waals surface area contributed by atoms with Crippen LogP contribution in [0.2, 0.25) is 0 Å². The van der Waals surface area contributed by atoms with Crippen LogP contribution in [0.25, 0.3) is 0 Å². The van der Waals surface area contributed by atoms with Gasteiger partial charge in [-0.1, -0.05) is 30.3 Å². The zero-order chi connectivity index (χ0) is 17.8. The Bertz CT molecular complexity index is 633. The van der Waals surface area contributed by atoms with Crippen LogP contribution in [0.5, 0.6) is 0 Å². The Balaban J connectivity index is 1.40. The molecule has 2 saturated heterocycles. The first-order chi connectivity index (χ1) is 12.0. The van der Waals surface area contributed by atoms with Gasteiger partial charge in [-0.2, -0.15) is 0 Å². The lowest BCUT2D eigenvalue weighted by Gasteiger charge is -2.41. The van der Waals surface area contributed by atoms with Crippen molar-refractivity contribution < 1.29 is 14.4 Å². The molecule has 2 aliphatic heterocycles. The lowest BCUT2D eigenvalue weighted by molar-refractivity contribution is -0.149. The van der Waals surface area contributed by atoms with Crippen LogP contribution in [0.4, 0.5) is 0 Å². The number of amides is 3. The maximum Gasteiger partial charge on any atom is 0.229 e. The van der Waals surface area contributed by atoms with Gasteiger partial charge in [0.2, 0.25) is 17.7 Å². The van der Waals surface area contributed by atoms with Gasteiger partial charge in [0.1, 0.15) is 0 Å². The van der Waals surface area contributed by atoms with Crippen molar-refractivity contribution in [3.63, 3.8) is 0 Å².